The average molecular weight is 365 g/mol. The van der Waals surface area contributed by atoms with E-state index in [1.165, 1.54) is 12.8 Å². The van der Waals surface area contributed by atoms with E-state index in [9.17, 15) is 0 Å². The molecule has 0 saturated carbocycles. The van der Waals surface area contributed by atoms with Crippen LogP contribution < -0.4 is 5.32 Å². The van der Waals surface area contributed by atoms with Gasteiger partial charge in [-0.15, -0.1) is 24.0 Å². The molecule has 5 heteroatoms. The van der Waals surface area contributed by atoms with Gasteiger partial charge in [0.2, 0.25) is 0 Å². The molecule has 0 spiro atoms. The zero-order valence-corrected chi connectivity index (χ0v) is 13.8. The topological polar surface area (TPSA) is 40.8 Å². The first-order valence-electron chi connectivity index (χ1n) is 6.29. The SMILES string of the molecule is CCCCN(C)C(=NCc1ccco1)NCC.I. The maximum absolute atomic E-state index is 5.27. The lowest BCUT2D eigenvalue weighted by molar-refractivity contribution is 0.460. The molecule has 1 aromatic heterocycles. The standard InChI is InChI=1S/C13H23N3O.HI/c1-4-6-9-16(3)13(14-5-2)15-11-12-8-7-10-17-12;/h7-8,10H,4-6,9,11H2,1-3H3,(H,14,15);1H. The van der Waals surface area contributed by atoms with Crippen molar-refractivity contribution >= 4 is 29.9 Å². The van der Waals surface area contributed by atoms with Gasteiger partial charge in [-0.1, -0.05) is 13.3 Å². The zero-order chi connectivity index (χ0) is 12.5. The minimum absolute atomic E-state index is 0. The van der Waals surface area contributed by atoms with Gasteiger partial charge in [0, 0.05) is 20.1 Å². The summed E-state index contributed by atoms with van der Waals surface area (Å²) in [5, 5.41) is 3.29. The van der Waals surface area contributed by atoms with Gasteiger partial charge in [-0.2, -0.15) is 0 Å². The van der Waals surface area contributed by atoms with Crippen LogP contribution in [0.1, 0.15) is 32.4 Å². The molecule has 1 rings (SSSR count). The summed E-state index contributed by atoms with van der Waals surface area (Å²) in [5.41, 5.74) is 0. The third-order valence-corrected chi connectivity index (χ3v) is 2.51. The van der Waals surface area contributed by atoms with Crippen molar-refractivity contribution in [3.63, 3.8) is 0 Å². The summed E-state index contributed by atoms with van der Waals surface area (Å²) in [6.07, 6.45) is 4.06. The molecule has 0 aromatic carbocycles. The van der Waals surface area contributed by atoms with E-state index in [-0.39, 0.29) is 24.0 Å². The van der Waals surface area contributed by atoms with E-state index in [0.29, 0.717) is 6.54 Å². The van der Waals surface area contributed by atoms with Crippen molar-refractivity contribution in [1.82, 2.24) is 10.2 Å². The molecule has 0 aliphatic rings. The maximum atomic E-state index is 5.27. The number of nitrogens with zero attached hydrogens (tertiary/aromatic N) is 2. The van der Waals surface area contributed by atoms with Crippen LogP contribution in [0.2, 0.25) is 0 Å². The van der Waals surface area contributed by atoms with Crippen LogP contribution in [0, 0.1) is 0 Å². The van der Waals surface area contributed by atoms with Crippen LogP contribution in [0.25, 0.3) is 0 Å². The van der Waals surface area contributed by atoms with Crippen LogP contribution in [0.15, 0.2) is 27.8 Å². The first kappa shape index (κ1) is 17.3. The molecule has 0 radical (unpaired) electrons. The predicted octanol–water partition coefficient (Wildman–Crippen LogP) is 3.10. The number of furan rings is 1. The molecule has 0 aliphatic carbocycles. The lowest BCUT2D eigenvalue weighted by atomic mass is 10.3. The van der Waals surface area contributed by atoms with Gasteiger partial charge in [-0.05, 0) is 25.5 Å². The van der Waals surface area contributed by atoms with Crippen molar-refractivity contribution in [3.05, 3.63) is 24.2 Å². The summed E-state index contributed by atoms with van der Waals surface area (Å²) in [7, 11) is 2.07. The fourth-order valence-electron chi connectivity index (χ4n) is 1.53. The summed E-state index contributed by atoms with van der Waals surface area (Å²) in [6.45, 7) is 6.77. The molecule has 18 heavy (non-hydrogen) atoms. The van der Waals surface area contributed by atoms with Gasteiger partial charge in [0.15, 0.2) is 5.96 Å². The van der Waals surface area contributed by atoms with Crippen molar-refractivity contribution in [1.29, 1.82) is 0 Å². The van der Waals surface area contributed by atoms with E-state index in [1.807, 2.05) is 12.1 Å². The highest BCUT2D eigenvalue weighted by Crippen LogP contribution is 2.02. The average Bonchev–Trinajstić information content (AvgIpc) is 2.84. The Bertz CT molecular complexity index is 325. The minimum atomic E-state index is 0. The monoisotopic (exact) mass is 365 g/mol. The third kappa shape index (κ3) is 6.28. The second kappa shape index (κ2) is 10.2. The van der Waals surface area contributed by atoms with Crippen molar-refractivity contribution in [2.75, 3.05) is 20.1 Å². The molecule has 0 bridgehead atoms. The largest absolute Gasteiger partial charge is 0.467 e. The summed E-state index contributed by atoms with van der Waals surface area (Å²) in [6, 6.07) is 3.83. The molecular weight excluding hydrogens is 341 g/mol. The smallest absolute Gasteiger partial charge is 0.194 e. The van der Waals surface area contributed by atoms with Gasteiger partial charge >= 0.3 is 0 Å². The fourth-order valence-corrected chi connectivity index (χ4v) is 1.53. The van der Waals surface area contributed by atoms with E-state index >= 15 is 0 Å². The van der Waals surface area contributed by atoms with E-state index < -0.39 is 0 Å². The Morgan fingerprint density at radius 3 is 2.78 bits per heavy atom. The Morgan fingerprint density at radius 1 is 1.44 bits per heavy atom. The summed E-state index contributed by atoms with van der Waals surface area (Å²) in [5.74, 6) is 1.83. The fraction of sp³-hybridized carbons (Fsp3) is 0.615. The normalized spacial score (nSPS) is 10.9. The van der Waals surface area contributed by atoms with Crippen LogP contribution in [0.5, 0.6) is 0 Å². The minimum Gasteiger partial charge on any atom is -0.467 e. The Hall–Kier alpha value is -0.720. The van der Waals surface area contributed by atoms with Gasteiger partial charge in [0.1, 0.15) is 12.3 Å². The highest BCUT2D eigenvalue weighted by Gasteiger charge is 2.04. The molecule has 0 fully saturated rings. The van der Waals surface area contributed by atoms with E-state index in [4.69, 9.17) is 4.42 Å². The quantitative estimate of drug-likeness (QED) is 0.479. The number of unbranched alkanes of at least 4 members (excludes halogenated alkanes) is 1. The number of aliphatic imine (C=N–C) groups is 1. The maximum Gasteiger partial charge on any atom is 0.194 e. The zero-order valence-electron chi connectivity index (χ0n) is 11.5. The van der Waals surface area contributed by atoms with Crippen molar-refractivity contribution in [2.45, 2.75) is 33.2 Å². The van der Waals surface area contributed by atoms with Crippen LogP contribution >= 0.6 is 24.0 Å². The molecule has 104 valence electrons. The van der Waals surface area contributed by atoms with E-state index in [1.54, 1.807) is 6.26 Å². The highest BCUT2D eigenvalue weighted by atomic mass is 127. The van der Waals surface area contributed by atoms with Gasteiger partial charge in [0.05, 0.1) is 6.26 Å². The Kier molecular flexibility index (Phi) is 9.82. The van der Waals surface area contributed by atoms with Crippen LogP contribution in [-0.4, -0.2) is 31.0 Å². The van der Waals surface area contributed by atoms with Gasteiger partial charge in [-0.25, -0.2) is 4.99 Å². The second-order valence-electron chi connectivity index (χ2n) is 4.02. The van der Waals surface area contributed by atoms with Gasteiger partial charge in [-0.3, -0.25) is 0 Å². The van der Waals surface area contributed by atoms with Crippen molar-refractivity contribution in [2.24, 2.45) is 4.99 Å². The molecule has 0 aliphatic heterocycles. The molecule has 0 atom stereocenters. The van der Waals surface area contributed by atoms with E-state index in [0.717, 1.165) is 24.8 Å². The number of hydrogen-bond acceptors (Lipinski definition) is 2. The third-order valence-electron chi connectivity index (χ3n) is 2.51. The van der Waals surface area contributed by atoms with Gasteiger partial charge in [0.25, 0.3) is 0 Å². The predicted molar refractivity (Wildman–Crippen MR) is 86.5 cm³/mol. The summed E-state index contributed by atoms with van der Waals surface area (Å²) in [4.78, 5) is 6.71. The van der Waals surface area contributed by atoms with E-state index in [2.05, 4.69) is 36.1 Å². The number of halogens is 1. The highest BCUT2D eigenvalue weighted by molar-refractivity contribution is 14.0. The second-order valence-corrected chi connectivity index (χ2v) is 4.02. The lowest BCUT2D eigenvalue weighted by Crippen LogP contribution is -2.39. The Labute approximate surface area is 127 Å². The van der Waals surface area contributed by atoms with Crippen LogP contribution in [0.4, 0.5) is 0 Å². The Balaban J connectivity index is 0.00000289. The summed E-state index contributed by atoms with van der Waals surface area (Å²) >= 11 is 0. The molecule has 1 N–H and O–H groups in total. The number of hydrogen-bond donors (Lipinski definition) is 1. The number of guanidine groups is 1. The molecule has 1 aromatic rings. The molecule has 1 heterocycles. The van der Waals surface area contributed by atoms with Gasteiger partial charge < -0.3 is 14.6 Å². The molecular formula is C13H24IN3O. The molecule has 0 amide bonds. The van der Waals surface area contributed by atoms with Crippen LogP contribution in [0.3, 0.4) is 0 Å². The van der Waals surface area contributed by atoms with Crippen LogP contribution in [-0.2, 0) is 6.54 Å². The Morgan fingerprint density at radius 2 is 2.22 bits per heavy atom. The first-order valence-corrected chi connectivity index (χ1v) is 6.29. The molecule has 4 nitrogen and oxygen atoms in total. The van der Waals surface area contributed by atoms with Crippen molar-refractivity contribution < 1.29 is 4.42 Å². The molecule has 0 unspecified atom stereocenters. The first-order chi connectivity index (χ1) is 8.27. The number of nitrogens with one attached hydrogen (secondary N) is 1. The number of rotatable bonds is 6. The van der Waals surface area contributed by atoms with Crippen molar-refractivity contribution in [3.8, 4) is 0 Å². The molecule has 0 saturated heterocycles. The lowest BCUT2D eigenvalue weighted by Gasteiger charge is -2.21. The summed E-state index contributed by atoms with van der Waals surface area (Å²) < 4.78 is 5.27.